The van der Waals surface area contributed by atoms with E-state index in [0.29, 0.717) is 5.70 Å². The lowest BCUT2D eigenvalue weighted by molar-refractivity contribution is 0.189. The van der Waals surface area contributed by atoms with Crippen molar-refractivity contribution in [2.45, 2.75) is 6.92 Å². The molecule has 0 aromatic heterocycles. The number of nitrogens with one attached hydrogen (secondary N) is 2. The summed E-state index contributed by atoms with van der Waals surface area (Å²) >= 11 is 0. The average Bonchev–Trinajstić information content (AvgIpc) is 2.08. The highest BCUT2D eigenvalue weighted by Crippen LogP contribution is 2.08. The van der Waals surface area contributed by atoms with Gasteiger partial charge in [0.25, 0.3) is 0 Å². The standard InChI is InChI=1S/C7H12N4O3S/c1-5(2)9-14-7-8-6(3)10-15(12,13)11(7)4/h9-10H,1,3H2,2,4H3. The quantitative estimate of drug-likeness (QED) is 0.637. The molecule has 1 aliphatic heterocycles. The molecule has 7 nitrogen and oxygen atoms in total. The molecular weight excluding hydrogens is 220 g/mol. The van der Waals surface area contributed by atoms with Crippen LogP contribution in [0.15, 0.2) is 29.7 Å². The molecule has 84 valence electrons. The number of hydrogen-bond donors (Lipinski definition) is 2. The van der Waals surface area contributed by atoms with Crippen molar-refractivity contribution >= 4 is 16.2 Å². The molecule has 0 amide bonds. The summed E-state index contributed by atoms with van der Waals surface area (Å²) in [7, 11) is -2.35. The minimum absolute atomic E-state index is 0.00776. The summed E-state index contributed by atoms with van der Waals surface area (Å²) in [5.41, 5.74) is 2.92. The lowest BCUT2D eigenvalue weighted by Crippen LogP contribution is -2.47. The minimum atomic E-state index is -3.65. The van der Waals surface area contributed by atoms with Crippen molar-refractivity contribution in [3.63, 3.8) is 0 Å². The summed E-state index contributed by atoms with van der Waals surface area (Å²) in [5.74, 6) is -0.00776. The summed E-state index contributed by atoms with van der Waals surface area (Å²) in [6.07, 6.45) is 0. The maximum Gasteiger partial charge on any atom is 0.335 e. The normalized spacial score (nSPS) is 18.9. The van der Waals surface area contributed by atoms with E-state index in [0.717, 1.165) is 4.31 Å². The van der Waals surface area contributed by atoms with E-state index in [2.05, 4.69) is 28.4 Å². The van der Waals surface area contributed by atoms with Crippen molar-refractivity contribution < 1.29 is 13.3 Å². The van der Waals surface area contributed by atoms with Gasteiger partial charge in [-0.15, -0.1) is 0 Å². The molecule has 0 aromatic carbocycles. The Morgan fingerprint density at radius 2 is 2.27 bits per heavy atom. The fourth-order valence-electron chi connectivity index (χ4n) is 0.749. The molecule has 0 unspecified atom stereocenters. The minimum Gasteiger partial charge on any atom is -0.341 e. The molecule has 2 N–H and O–H groups in total. The Morgan fingerprint density at radius 3 is 2.80 bits per heavy atom. The van der Waals surface area contributed by atoms with Gasteiger partial charge in [-0.2, -0.15) is 13.4 Å². The van der Waals surface area contributed by atoms with E-state index in [1.54, 1.807) is 6.92 Å². The number of nitrogens with zero attached hydrogens (tertiary/aromatic N) is 2. The van der Waals surface area contributed by atoms with E-state index in [4.69, 9.17) is 4.84 Å². The lowest BCUT2D eigenvalue weighted by atomic mass is 10.6. The zero-order valence-electron chi connectivity index (χ0n) is 8.44. The monoisotopic (exact) mass is 232 g/mol. The molecule has 0 saturated carbocycles. The number of allylic oxidation sites excluding steroid dienone is 1. The second-order valence-electron chi connectivity index (χ2n) is 2.90. The second-order valence-corrected chi connectivity index (χ2v) is 4.60. The maximum absolute atomic E-state index is 11.4. The van der Waals surface area contributed by atoms with Crippen molar-refractivity contribution in [2.75, 3.05) is 7.05 Å². The van der Waals surface area contributed by atoms with Crippen LogP contribution >= 0.6 is 0 Å². The van der Waals surface area contributed by atoms with Gasteiger partial charge in [-0.1, -0.05) is 13.2 Å². The largest absolute Gasteiger partial charge is 0.341 e. The van der Waals surface area contributed by atoms with E-state index in [1.807, 2.05) is 0 Å². The molecule has 0 aromatic rings. The first kappa shape index (κ1) is 11.4. The van der Waals surface area contributed by atoms with Crippen molar-refractivity contribution in [3.8, 4) is 0 Å². The number of hydrogen-bond acceptors (Lipinski definition) is 5. The van der Waals surface area contributed by atoms with Gasteiger partial charge in [-0.25, -0.2) is 9.79 Å². The summed E-state index contributed by atoms with van der Waals surface area (Å²) in [4.78, 5) is 8.67. The van der Waals surface area contributed by atoms with Crippen LogP contribution in [0.5, 0.6) is 0 Å². The first-order valence-electron chi connectivity index (χ1n) is 3.95. The fourth-order valence-corrected chi connectivity index (χ4v) is 1.51. The summed E-state index contributed by atoms with van der Waals surface area (Å²) in [6.45, 7) is 8.57. The topological polar surface area (TPSA) is 83.0 Å². The molecule has 8 heteroatoms. The zero-order valence-corrected chi connectivity index (χ0v) is 9.26. The van der Waals surface area contributed by atoms with Gasteiger partial charge in [0.1, 0.15) is 5.82 Å². The van der Waals surface area contributed by atoms with Crippen LogP contribution < -0.4 is 10.2 Å². The van der Waals surface area contributed by atoms with Gasteiger partial charge in [-0.3, -0.25) is 4.72 Å². The van der Waals surface area contributed by atoms with Crippen LogP contribution in [0, 0.1) is 0 Å². The number of rotatable bonds is 2. The van der Waals surface area contributed by atoms with Crippen molar-refractivity contribution in [2.24, 2.45) is 4.99 Å². The Bertz CT molecular complexity index is 426. The van der Waals surface area contributed by atoms with Crippen LogP contribution in [0.25, 0.3) is 0 Å². The molecule has 0 radical (unpaired) electrons. The molecule has 15 heavy (non-hydrogen) atoms. The third kappa shape index (κ3) is 2.62. The Morgan fingerprint density at radius 1 is 1.67 bits per heavy atom. The smallest absolute Gasteiger partial charge is 0.335 e. The number of amidine groups is 1. The summed E-state index contributed by atoms with van der Waals surface area (Å²) < 4.78 is 25.7. The summed E-state index contributed by atoms with van der Waals surface area (Å²) in [5, 5.41) is 0. The van der Waals surface area contributed by atoms with Gasteiger partial charge in [0, 0.05) is 12.7 Å². The third-order valence-corrected chi connectivity index (χ3v) is 2.79. The Balaban J connectivity index is 2.87. The zero-order chi connectivity index (χ0) is 11.6. The maximum atomic E-state index is 11.4. The molecule has 0 saturated heterocycles. The van der Waals surface area contributed by atoms with Gasteiger partial charge in [0.15, 0.2) is 0 Å². The van der Waals surface area contributed by atoms with Gasteiger partial charge >= 0.3 is 16.2 Å². The van der Waals surface area contributed by atoms with Crippen molar-refractivity contribution in [1.82, 2.24) is 14.5 Å². The first-order chi connectivity index (χ1) is 6.83. The molecule has 0 spiro atoms. The Kier molecular flexibility index (Phi) is 2.89. The van der Waals surface area contributed by atoms with Gasteiger partial charge in [-0.05, 0) is 6.92 Å². The van der Waals surface area contributed by atoms with Crippen LogP contribution in [0.1, 0.15) is 6.92 Å². The number of hydroxylamine groups is 1. The van der Waals surface area contributed by atoms with Crippen LogP contribution in [-0.2, 0) is 15.0 Å². The van der Waals surface area contributed by atoms with Crippen LogP contribution in [-0.4, -0.2) is 25.8 Å². The second kappa shape index (κ2) is 3.81. The molecule has 1 heterocycles. The molecule has 1 rings (SSSR count). The lowest BCUT2D eigenvalue weighted by Gasteiger charge is -2.25. The molecular formula is C7H12N4O3S. The van der Waals surface area contributed by atoms with Crippen LogP contribution in [0.4, 0.5) is 0 Å². The Labute approximate surface area is 88.3 Å². The highest BCUT2D eigenvalue weighted by molar-refractivity contribution is 7.87. The van der Waals surface area contributed by atoms with E-state index in [9.17, 15) is 8.42 Å². The fraction of sp³-hybridized carbons (Fsp3) is 0.286. The molecule has 0 bridgehead atoms. The van der Waals surface area contributed by atoms with E-state index < -0.39 is 10.2 Å². The molecule has 0 aliphatic carbocycles. The highest BCUT2D eigenvalue weighted by Gasteiger charge is 2.28. The van der Waals surface area contributed by atoms with Crippen molar-refractivity contribution in [1.29, 1.82) is 0 Å². The third-order valence-electron chi connectivity index (χ3n) is 1.42. The van der Waals surface area contributed by atoms with Gasteiger partial charge in [0.05, 0.1) is 0 Å². The molecule has 1 aliphatic rings. The van der Waals surface area contributed by atoms with Crippen LogP contribution in [0.2, 0.25) is 0 Å². The van der Waals surface area contributed by atoms with Gasteiger partial charge < -0.3 is 4.84 Å². The molecule has 0 fully saturated rings. The van der Waals surface area contributed by atoms with E-state index in [-0.39, 0.29) is 11.8 Å². The first-order valence-corrected chi connectivity index (χ1v) is 5.39. The van der Waals surface area contributed by atoms with E-state index >= 15 is 0 Å². The summed E-state index contributed by atoms with van der Waals surface area (Å²) in [6, 6.07) is -0.123. The average molecular weight is 232 g/mol. The van der Waals surface area contributed by atoms with Crippen molar-refractivity contribution in [3.05, 3.63) is 24.7 Å². The highest BCUT2D eigenvalue weighted by atomic mass is 32.2. The number of aliphatic imine (C=N–C) groups is 1. The predicted molar refractivity (Wildman–Crippen MR) is 55.4 cm³/mol. The van der Waals surface area contributed by atoms with Gasteiger partial charge in [0.2, 0.25) is 0 Å². The molecule has 0 atom stereocenters. The van der Waals surface area contributed by atoms with Crippen LogP contribution in [0.3, 0.4) is 0 Å². The Hall–Kier alpha value is -1.70. The SMILES string of the molecule is C=C(C)NOC1=NC(=C)NS(=O)(=O)N1C. The predicted octanol–water partition coefficient (Wildman–Crippen LogP) is -0.352. The van der Waals surface area contributed by atoms with E-state index in [1.165, 1.54) is 7.05 Å².